The van der Waals surface area contributed by atoms with Gasteiger partial charge in [-0.25, -0.2) is 0 Å². The van der Waals surface area contributed by atoms with E-state index >= 15 is 0 Å². The first-order valence-corrected chi connectivity index (χ1v) is 7.53. The molecule has 100 valence electrons. The molecule has 2 rings (SSSR count). The number of rotatable bonds is 7. The summed E-state index contributed by atoms with van der Waals surface area (Å²) in [5, 5.41) is 6.41. The van der Waals surface area contributed by atoms with Crippen molar-refractivity contribution in [2.75, 3.05) is 6.54 Å². The van der Waals surface area contributed by atoms with Crippen LogP contribution in [-0.2, 0) is 11.2 Å². The molecule has 1 aliphatic rings. The molecule has 1 fully saturated rings. The van der Waals surface area contributed by atoms with Gasteiger partial charge in [-0.15, -0.1) is 11.3 Å². The molecule has 3 nitrogen and oxygen atoms in total. The first kappa shape index (κ1) is 13.6. The van der Waals surface area contributed by atoms with Gasteiger partial charge in [-0.05, 0) is 45.2 Å². The highest BCUT2D eigenvalue weighted by molar-refractivity contribution is 7.11. The summed E-state index contributed by atoms with van der Waals surface area (Å²) in [6.07, 6.45) is 3.95. The molecule has 2 N–H and O–H groups in total. The van der Waals surface area contributed by atoms with Crippen molar-refractivity contribution in [2.45, 2.75) is 51.6 Å². The van der Waals surface area contributed by atoms with Gasteiger partial charge in [0.1, 0.15) is 0 Å². The van der Waals surface area contributed by atoms with Crippen molar-refractivity contribution in [1.29, 1.82) is 0 Å². The van der Waals surface area contributed by atoms with Gasteiger partial charge in [-0.2, -0.15) is 0 Å². The van der Waals surface area contributed by atoms with Crippen LogP contribution in [0.3, 0.4) is 0 Å². The molecular formula is C14H22N2OS. The van der Waals surface area contributed by atoms with E-state index < -0.39 is 0 Å². The molecule has 1 aliphatic carbocycles. The summed E-state index contributed by atoms with van der Waals surface area (Å²) < 4.78 is 0. The highest BCUT2D eigenvalue weighted by Gasteiger charge is 2.22. The van der Waals surface area contributed by atoms with Crippen molar-refractivity contribution in [2.24, 2.45) is 0 Å². The zero-order valence-corrected chi connectivity index (χ0v) is 12.0. The molecule has 1 heterocycles. The fraction of sp³-hybridized carbons (Fsp3) is 0.643. The molecule has 0 aliphatic heterocycles. The number of carbonyl (C=O) groups is 1. The summed E-state index contributed by atoms with van der Waals surface area (Å²) in [7, 11) is 0. The molecule has 0 aromatic carbocycles. The van der Waals surface area contributed by atoms with E-state index in [0.29, 0.717) is 18.5 Å². The van der Waals surface area contributed by atoms with Crippen molar-refractivity contribution in [3.63, 3.8) is 0 Å². The minimum Gasteiger partial charge on any atom is -0.353 e. The van der Waals surface area contributed by atoms with Gasteiger partial charge >= 0.3 is 0 Å². The van der Waals surface area contributed by atoms with E-state index in [1.807, 2.05) is 11.3 Å². The van der Waals surface area contributed by atoms with Crippen LogP contribution in [0.2, 0.25) is 0 Å². The third kappa shape index (κ3) is 4.78. The van der Waals surface area contributed by atoms with Gasteiger partial charge in [0, 0.05) is 34.8 Å². The number of carbonyl (C=O) groups excluding carboxylic acids is 1. The predicted octanol–water partition coefficient (Wildman–Crippen LogP) is 2.25. The van der Waals surface area contributed by atoms with Gasteiger partial charge in [-0.1, -0.05) is 0 Å². The minimum absolute atomic E-state index is 0.184. The van der Waals surface area contributed by atoms with Gasteiger partial charge in [0.15, 0.2) is 0 Å². The Morgan fingerprint density at radius 3 is 2.89 bits per heavy atom. The van der Waals surface area contributed by atoms with Crippen molar-refractivity contribution in [3.8, 4) is 0 Å². The van der Waals surface area contributed by atoms with E-state index in [1.54, 1.807) is 0 Å². The van der Waals surface area contributed by atoms with Crippen LogP contribution >= 0.6 is 11.3 Å². The van der Waals surface area contributed by atoms with Crippen molar-refractivity contribution in [1.82, 2.24) is 10.6 Å². The van der Waals surface area contributed by atoms with Crippen LogP contribution in [0.25, 0.3) is 0 Å². The number of aryl methyl sites for hydroxylation is 1. The number of thiophene rings is 1. The van der Waals surface area contributed by atoms with Gasteiger partial charge in [-0.3, -0.25) is 4.79 Å². The lowest BCUT2D eigenvalue weighted by Crippen LogP contribution is -2.33. The zero-order valence-electron chi connectivity index (χ0n) is 11.2. The van der Waals surface area contributed by atoms with Gasteiger partial charge < -0.3 is 10.6 Å². The van der Waals surface area contributed by atoms with Crippen LogP contribution < -0.4 is 10.6 Å². The fourth-order valence-corrected chi connectivity index (χ4v) is 2.95. The lowest BCUT2D eigenvalue weighted by Gasteiger charge is -2.12. The molecule has 4 heteroatoms. The Labute approximate surface area is 113 Å². The molecular weight excluding hydrogens is 244 g/mol. The van der Waals surface area contributed by atoms with Crippen LogP contribution in [0.1, 0.15) is 35.9 Å². The third-order valence-electron chi connectivity index (χ3n) is 3.09. The lowest BCUT2D eigenvalue weighted by molar-refractivity contribution is -0.121. The smallest absolute Gasteiger partial charge is 0.221 e. The molecule has 0 spiro atoms. The first-order chi connectivity index (χ1) is 8.63. The second-order valence-electron chi connectivity index (χ2n) is 5.16. The maximum absolute atomic E-state index is 11.5. The number of hydrogen-bond acceptors (Lipinski definition) is 3. The second-order valence-corrected chi connectivity index (χ2v) is 6.54. The Morgan fingerprint density at radius 2 is 2.28 bits per heavy atom. The summed E-state index contributed by atoms with van der Waals surface area (Å²) in [4.78, 5) is 14.3. The van der Waals surface area contributed by atoms with E-state index in [9.17, 15) is 4.79 Å². The topological polar surface area (TPSA) is 41.1 Å². The molecule has 1 unspecified atom stereocenters. The molecule has 0 saturated heterocycles. The minimum atomic E-state index is 0.184. The zero-order chi connectivity index (χ0) is 13.0. The Bertz CT molecular complexity index is 398. The monoisotopic (exact) mass is 266 g/mol. The Balaban J connectivity index is 1.59. The second kappa shape index (κ2) is 6.34. The van der Waals surface area contributed by atoms with E-state index in [1.165, 1.54) is 9.75 Å². The highest BCUT2D eigenvalue weighted by atomic mass is 32.1. The molecule has 1 aromatic rings. The number of nitrogens with one attached hydrogen (secondary N) is 2. The van der Waals surface area contributed by atoms with Crippen LogP contribution in [0.4, 0.5) is 0 Å². The van der Waals surface area contributed by atoms with Crippen LogP contribution in [0.15, 0.2) is 12.1 Å². The van der Waals surface area contributed by atoms with E-state index in [-0.39, 0.29) is 5.91 Å². The van der Waals surface area contributed by atoms with Crippen molar-refractivity contribution in [3.05, 3.63) is 21.9 Å². The predicted molar refractivity (Wildman–Crippen MR) is 76.0 cm³/mol. The average Bonchev–Trinajstić information content (AvgIpc) is 3.01. The lowest BCUT2D eigenvalue weighted by atomic mass is 10.2. The molecule has 0 bridgehead atoms. The van der Waals surface area contributed by atoms with E-state index in [4.69, 9.17) is 0 Å². The molecule has 1 amide bonds. The van der Waals surface area contributed by atoms with Crippen LogP contribution in [0.5, 0.6) is 0 Å². The number of hydrogen-bond donors (Lipinski definition) is 2. The van der Waals surface area contributed by atoms with Gasteiger partial charge in [0.2, 0.25) is 5.91 Å². The standard InChI is InChI=1S/C14H22N2OS/c1-10(9-13-6-3-11(2)18-13)15-8-7-14(17)16-12-4-5-12/h3,6,10,12,15H,4-5,7-9H2,1-2H3,(H,16,17). The number of amides is 1. The molecule has 1 saturated carbocycles. The maximum Gasteiger partial charge on any atom is 0.221 e. The third-order valence-corrected chi connectivity index (χ3v) is 4.11. The fourth-order valence-electron chi connectivity index (χ4n) is 1.93. The van der Waals surface area contributed by atoms with Crippen molar-refractivity contribution >= 4 is 17.2 Å². The Kier molecular flexibility index (Phi) is 4.78. The largest absolute Gasteiger partial charge is 0.353 e. The molecule has 18 heavy (non-hydrogen) atoms. The van der Waals surface area contributed by atoms with E-state index in [2.05, 4.69) is 36.6 Å². The Morgan fingerprint density at radius 1 is 1.50 bits per heavy atom. The Hall–Kier alpha value is -0.870. The SMILES string of the molecule is Cc1ccc(CC(C)NCCC(=O)NC2CC2)s1. The summed E-state index contributed by atoms with van der Waals surface area (Å²) in [6, 6.07) is 5.26. The first-order valence-electron chi connectivity index (χ1n) is 6.71. The summed E-state index contributed by atoms with van der Waals surface area (Å²) in [5.74, 6) is 0.184. The van der Waals surface area contributed by atoms with Crippen molar-refractivity contribution < 1.29 is 4.79 Å². The van der Waals surface area contributed by atoms with Gasteiger partial charge in [0.05, 0.1) is 0 Å². The van der Waals surface area contributed by atoms with Gasteiger partial charge in [0.25, 0.3) is 0 Å². The van der Waals surface area contributed by atoms with Crippen LogP contribution in [0, 0.1) is 6.92 Å². The normalized spacial score (nSPS) is 16.6. The van der Waals surface area contributed by atoms with Crippen LogP contribution in [-0.4, -0.2) is 24.5 Å². The molecule has 1 aromatic heterocycles. The highest BCUT2D eigenvalue weighted by Crippen LogP contribution is 2.18. The summed E-state index contributed by atoms with van der Waals surface area (Å²) >= 11 is 1.85. The summed E-state index contributed by atoms with van der Waals surface area (Å²) in [6.45, 7) is 5.08. The van der Waals surface area contributed by atoms with E-state index in [0.717, 1.165) is 25.8 Å². The maximum atomic E-state index is 11.5. The average molecular weight is 266 g/mol. The quantitative estimate of drug-likeness (QED) is 0.795. The molecule has 1 atom stereocenters. The summed E-state index contributed by atoms with van der Waals surface area (Å²) in [5.41, 5.74) is 0. The molecule has 0 radical (unpaired) electrons.